The summed E-state index contributed by atoms with van der Waals surface area (Å²) in [5.41, 5.74) is -0.882. The van der Waals surface area contributed by atoms with Crippen LogP contribution in [0, 0.1) is 0 Å². The Labute approximate surface area is 109 Å². The van der Waals surface area contributed by atoms with Gasteiger partial charge in [-0.2, -0.15) is 17.0 Å². The molecule has 0 radical (unpaired) electrons. The summed E-state index contributed by atoms with van der Waals surface area (Å²) in [6.45, 7) is 3.24. The van der Waals surface area contributed by atoms with Crippen LogP contribution in [0.1, 0.15) is 19.3 Å². The van der Waals surface area contributed by atoms with E-state index in [4.69, 9.17) is 0 Å². The maximum absolute atomic E-state index is 12.0. The number of aliphatic hydroxyl groups is 1. The van der Waals surface area contributed by atoms with E-state index in [0.717, 1.165) is 13.1 Å². The van der Waals surface area contributed by atoms with Gasteiger partial charge in [-0.3, -0.25) is 0 Å². The topological polar surface area (TPSA) is 64.1 Å². The Bertz CT molecular complexity index is 392. The Balaban J connectivity index is 1.98. The van der Waals surface area contributed by atoms with E-state index in [-0.39, 0.29) is 6.54 Å². The molecule has 0 spiro atoms. The molecule has 1 atom stereocenters. The molecular formula is C11H23N3O3S. The third-order valence-corrected chi connectivity index (χ3v) is 5.69. The summed E-state index contributed by atoms with van der Waals surface area (Å²) in [5, 5.41) is 10.5. The van der Waals surface area contributed by atoms with Crippen molar-refractivity contribution in [3.05, 3.63) is 0 Å². The van der Waals surface area contributed by atoms with Gasteiger partial charge >= 0.3 is 0 Å². The predicted octanol–water partition coefficient (Wildman–Crippen LogP) is -0.675. The molecule has 0 aromatic rings. The van der Waals surface area contributed by atoms with E-state index in [1.165, 1.54) is 35.5 Å². The number of β-amino-alcohol motifs (C(OH)–C–C–N with tert-alkyl or cyclic N) is 1. The molecule has 0 bridgehead atoms. The van der Waals surface area contributed by atoms with Gasteiger partial charge in [-0.25, -0.2) is 0 Å². The largest absolute Gasteiger partial charge is 0.387 e. The van der Waals surface area contributed by atoms with Crippen LogP contribution in [0.4, 0.5) is 0 Å². The average molecular weight is 277 g/mol. The Morgan fingerprint density at radius 2 is 1.83 bits per heavy atom. The molecule has 6 nitrogen and oxygen atoms in total. The fraction of sp³-hybridized carbons (Fsp3) is 1.00. The van der Waals surface area contributed by atoms with Crippen LogP contribution in [-0.2, 0) is 10.2 Å². The molecule has 2 aliphatic rings. The highest BCUT2D eigenvalue weighted by molar-refractivity contribution is 7.86. The van der Waals surface area contributed by atoms with E-state index in [9.17, 15) is 13.5 Å². The number of hydrogen-bond acceptors (Lipinski definition) is 4. The first-order valence-electron chi connectivity index (χ1n) is 6.46. The van der Waals surface area contributed by atoms with E-state index in [2.05, 4.69) is 4.90 Å². The second-order valence-electron chi connectivity index (χ2n) is 5.58. The van der Waals surface area contributed by atoms with E-state index in [0.29, 0.717) is 19.5 Å². The normalized spacial score (nSPS) is 31.6. The van der Waals surface area contributed by atoms with Crippen LogP contribution < -0.4 is 0 Å². The van der Waals surface area contributed by atoms with Gasteiger partial charge in [-0.1, -0.05) is 0 Å². The summed E-state index contributed by atoms with van der Waals surface area (Å²) >= 11 is 0. The highest BCUT2D eigenvalue weighted by atomic mass is 32.2. The van der Waals surface area contributed by atoms with Crippen LogP contribution in [0.3, 0.4) is 0 Å². The van der Waals surface area contributed by atoms with Gasteiger partial charge in [0.15, 0.2) is 0 Å². The van der Waals surface area contributed by atoms with E-state index in [1.54, 1.807) is 0 Å². The van der Waals surface area contributed by atoms with Crippen LogP contribution >= 0.6 is 0 Å². The number of nitrogens with zero attached hydrogens (tertiary/aromatic N) is 3. The third-order valence-electron chi connectivity index (χ3n) is 3.80. The van der Waals surface area contributed by atoms with Crippen molar-refractivity contribution < 1.29 is 13.5 Å². The molecule has 2 rings (SSSR count). The van der Waals surface area contributed by atoms with Gasteiger partial charge in [0.05, 0.1) is 5.60 Å². The summed E-state index contributed by atoms with van der Waals surface area (Å²) in [5.74, 6) is 0. The number of hydrogen-bond donors (Lipinski definition) is 1. The summed E-state index contributed by atoms with van der Waals surface area (Å²) in [6, 6.07) is 0. The van der Waals surface area contributed by atoms with Crippen molar-refractivity contribution in [3.8, 4) is 0 Å². The second-order valence-corrected chi connectivity index (χ2v) is 7.72. The molecule has 1 N–H and O–H groups in total. The minimum Gasteiger partial charge on any atom is -0.387 e. The summed E-state index contributed by atoms with van der Waals surface area (Å²) in [6.07, 6.45) is 2.88. The molecule has 0 aromatic heterocycles. The lowest BCUT2D eigenvalue weighted by atomic mass is 10.0. The zero-order valence-electron chi connectivity index (χ0n) is 11.2. The lowest BCUT2D eigenvalue weighted by Crippen LogP contribution is -2.46. The van der Waals surface area contributed by atoms with Crippen molar-refractivity contribution in [2.45, 2.75) is 24.9 Å². The highest BCUT2D eigenvalue weighted by Gasteiger charge is 2.43. The standard InChI is InChI=1S/C11H23N3O3S/c1-12(2)18(16,17)14-8-5-11(15,10-14)9-13-6-3-4-7-13/h15H,3-10H2,1-2H3/t11-/m1/s1. The van der Waals surface area contributed by atoms with Crippen LogP contribution in [0.2, 0.25) is 0 Å². The van der Waals surface area contributed by atoms with Crippen molar-refractivity contribution in [1.29, 1.82) is 0 Å². The summed E-state index contributed by atoms with van der Waals surface area (Å²) in [4.78, 5) is 2.23. The molecule has 0 amide bonds. The minimum absolute atomic E-state index is 0.212. The molecule has 18 heavy (non-hydrogen) atoms. The van der Waals surface area contributed by atoms with Gasteiger partial charge in [0, 0.05) is 33.7 Å². The first-order chi connectivity index (χ1) is 8.33. The molecule has 0 aliphatic carbocycles. The van der Waals surface area contributed by atoms with E-state index >= 15 is 0 Å². The van der Waals surface area contributed by atoms with Gasteiger partial charge in [0.1, 0.15) is 0 Å². The zero-order valence-corrected chi connectivity index (χ0v) is 12.0. The van der Waals surface area contributed by atoms with Gasteiger partial charge in [0.2, 0.25) is 0 Å². The molecular weight excluding hydrogens is 254 g/mol. The summed E-state index contributed by atoms with van der Waals surface area (Å²) < 4.78 is 26.6. The minimum atomic E-state index is -3.39. The Morgan fingerprint density at radius 1 is 1.22 bits per heavy atom. The molecule has 0 aromatic carbocycles. The van der Waals surface area contributed by atoms with Gasteiger partial charge in [0.25, 0.3) is 10.2 Å². The first kappa shape index (κ1) is 14.2. The van der Waals surface area contributed by atoms with Crippen LogP contribution in [-0.4, -0.2) is 79.5 Å². The van der Waals surface area contributed by atoms with Crippen molar-refractivity contribution >= 4 is 10.2 Å². The predicted molar refractivity (Wildman–Crippen MR) is 69.4 cm³/mol. The van der Waals surface area contributed by atoms with E-state index in [1.807, 2.05) is 0 Å². The Morgan fingerprint density at radius 3 is 2.39 bits per heavy atom. The average Bonchev–Trinajstić information content (AvgIpc) is 2.88. The maximum atomic E-state index is 12.0. The van der Waals surface area contributed by atoms with Gasteiger partial charge in [-0.15, -0.1) is 0 Å². The smallest absolute Gasteiger partial charge is 0.281 e. The lowest BCUT2D eigenvalue weighted by molar-refractivity contribution is 0.0230. The molecule has 0 unspecified atom stereocenters. The van der Waals surface area contributed by atoms with Crippen LogP contribution in [0.25, 0.3) is 0 Å². The molecule has 2 fully saturated rings. The van der Waals surface area contributed by atoms with E-state index < -0.39 is 15.8 Å². The molecule has 2 saturated heterocycles. The Hall–Kier alpha value is -0.210. The molecule has 2 aliphatic heterocycles. The zero-order chi connectivity index (χ0) is 13.4. The fourth-order valence-electron chi connectivity index (χ4n) is 2.73. The SMILES string of the molecule is CN(C)S(=O)(=O)N1CC[C@@](O)(CN2CCCC2)C1. The van der Waals surface area contributed by atoms with Crippen molar-refractivity contribution in [3.63, 3.8) is 0 Å². The molecule has 2 heterocycles. The molecule has 0 saturated carbocycles. The maximum Gasteiger partial charge on any atom is 0.281 e. The second kappa shape index (κ2) is 5.05. The Kier molecular flexibility index (Phi) is 3.99. The molecule has 106 valence electrons. The first-order valence-corrected chi connectivity index (χ1v) is 7.86. The van der Waals surface area contributed by atoms with Crippen LogP contribution in [0.5, 0.6) is 0 Å². The number of rotatable bonds is 4. The van der Waals surface area contributed by atoms with Crippen molar-refractivity contribution in [2.75, 3.05) is 46.8 Å². The quantitative estimate of drug-likeness (QED) is 0.740. The monoisotopic (exact) mass is 277 g/mol. The van der Waals surface area contributed by atoms with Crippen LogP contribution in [0.15, 0.2) is 0 Å². The van der Waals surface area contributed by atoms with Crippen molar-refractivity contribution in [2.24, 2.45) is 0 Å². The molecule has 7 heteroatoms. The van der Waals surface area contributed by atoms with Gasteiger partial charge < -0.3 is 10.0 Å². The third kappa shape index (κ3) is 2.85. The summed E-state index contributed by atoms with van der Waals surface area (Å²) in [7, 11) is -0.351. The lowest BCUT2D eigenvalue weighted by Gasteiger charge is -2.29. The van der Waals surface area contributed by atoms with Gasteiger partial charge in [-0.05, 0) is 32.4 Å². The fourth-order valence-corrected chi connectivity index (χ4v) is 3.92. The number of likely N-dealkylation sites (tertiary alicyclic amines) is 1. The van der Waals surface area contributed by atoms with Crippen molar-refractivity contribution in [1.82, 2.24) is 13.5 Å². The highest BCUT2D eigenvalue weighted by Crippen LogP contribution is 2.26.